The first-order chi connectivity index (χ1) is 11.7. The van der Waals surface area contributed by atoms with Gasteiger partial charge in [-0.05, 0) is 44.1 Å². The van der Waals surface area contributed by atoms with Crippen molar-refractivity contribution in [2.75, 3.05) is 13.1 Å². The molecule has 2 saturated heterocycles. The van der Waals surface area contributed by atoms with Crippen LogP contribution in [0.4, 0.5) is 4.39 Å². The highest BCUT2D eigenvalue weighted by molar-refractivity contribution is 6.20. The topological polar surface area (TPSA) is 27.3 Å². The molecule has 5 atom stereocenters. The van der Waals surface area contributed by atoms with Gasteiger partial charge in [0.05, 0.1) is 0 Å². The molecule has 5 unspecified atom stereocenters. The number of nitrogens with zero attached hydrogens (tertiary/aromatic N) is 1. The summed E-state index contributed by atoms with van der Waals surface area (Å²) in [7, 11) is 0. The summed E-state index contributed by atoms with van der Waals surface area (Å²) in [5.41, 5.74) is 4.50. The van der Waals surface area contributed by atoms with Crippen molar-refractivity contribution in [2.24, 2.45) is 5.92 Å². The SMILES string of the molecule is CCC12CCC(Cl)CC1C(c1ccccc1F)NCC1CCNN12. The molecular weight excluding hydrogens is 325 g/mol. The van der Waals surface area contributed by atoms with Crippen LogP contribution >= 0.6 is 11.6 Å². The summed E-state index contributed by atoms with van der Waals surface area (Å²) < 4.78 is 14.6. The standard InChI is InChI=1S/C19H27ClFN3/c1-2-19-9-7-13(20)11-16(19)18(15-5-3-4-6-17(15)21)22-12-14-8-10-23-24(14)19/h3-6,13-14,16,18,22-23H,2,7-12H2,1H3. The minimum absolute atomic E-state index is 0.0279. The number of halogens is 2. The molecule has 4 rings (SSSR count). The molecule has 3 nitrogen and oxygen atoms in total. The Morgan fingerprint density at radius 3 is 2.96 bits per heavy atom. The van der Waals surface area contributed by atoms with E-state index in [4.69, 9.17) is 11.6 Å². The monoisotopic (exact) mass is 351 g/mol. The van der Waals surface area contributed by atoms with Crippen molar-refractivity contribution in [3.8, 4) is 0 Å². The molecular formula is C19H27ClFN3. The zero-order valence-electron chi connectivity index (χ0n) is 14.3. The van der Waals surface area contributed by atoms with Crippen molar-refractivity contribution in [3.63, 3.8) is 0 Å². The van der Waals surface area contributed by atoms with E-state index in [0.717, 1.165) is 50.8 Å². The van der Waals surface area contributed by atoms with Crippen LogP contribution in [-0.2, 0) is 0 Å². The van der Waals surface area contributed by atoms with E-state index in [1.165, 1.54) is 0 Å². The van der Waals surface area contributed by atoms with Crippen molar-refractivity contribution in [2.45, 2.75) is 62.0 Å². The van der Waals surface area contributed by atoms with Gasteiger partial charge in [-0.25, -0.2) is 9.40 Å². The van der Waals surface area contributed by atoms with E-state index in [9.17, 15) is 4.39 Å². The van der Waals surface area contributed by atoms with Gasteiger partial charge in [-0.2, -0.15) is 0 Å². The van der Waals surface area contributed by atoms with Crippen LogP contribution < -0.4 is 10.7 Å². The molecule has 3 aliphatic rings. The lowest BCUT2D eigenvalue weighted by Crippen LogP contribution is -2.61. The maximum atomic E-state index is 14.6. The molecule has 2 N–H and O–H groups in total. The Labute approximate surface area is 148 Å². The minimum atomic E-state index is -0.105. The van der Waals surface area contributed by atoms with Crippen molar-refractivity contribution in [1.82, 2.24) is 15.8 Å². The Balaban J connectivity index is 1.79. The summed E-state index contributed by atoms with van der Waals surface area (Å²) >= 11 is 6.58. The van der Waals surface area contributed by atoms with Gasteiger partial charge < -0.3 is 5.32 Å². The Kier molecular flexibility index (Phi) is 4.59. The quantitative estimate of drug-likeness (QED) is 0.797. The molecule has 1 aromatic rings. The molecule has 0 radical (unpaired) electrons. The minimum Gasteiger partial charge on any atom is -0.308 e. The second-order valence-electron chi connectivity index (χ2n) is 7.56. The zero-order chi connectivity index (χ0) is 16.7. The molecule has 2 aliphatic heterocycles. The van der Waals surface area contributed by atoms with Crippen LogP contribution in [0.1, 0.15) is 50.6 Å². The Bertz CT molecular complexity index is 598. The number of hydrogen-bond donors (Lipinski definition) is 2. The second-order valence-corrected chi connectivity index (χ2v) is 8.18. The van der Waals surface area contributed by atoms with Crippen LogP contribution in [0.3, 0.4) is 0 Å². The van der Waals surface area contributed by atoms with Gasteiger partial charge in [-0.3, -0.25) is 5.43 Å². The second kappa shape index (κ2) is 6.56. The third-order valence-electron chi connectivity index (χ3n) is 6.52. The lowest BCUT2D eigenvalue weighted by molar-refractivity contribution is -0.0386. The third-order valence-corrected chi connectivity index (χ3v) is 6.92. The van der Waals surface area contributed by atoms with Crippen molar-refractivity contribution in [3.05, 3.63) is 35.6 Å². The number of alkyl halides is 1. The fourth-order valence-electron chi connectivity index (χ4n) is 5.34. The molecule has 2 heterocycles. The first-order valence-electron chi connectivity index (χ1n) is 9.30. The van der Waals surface area contributed by atoms with E-state index in [1.807, 2.05) is 12.1 Å². The fraction of sp³-hybridized carbons (Fsp3) is 0.684. The van der Waals surface area contributed by atoms with Crippen LogP contribution in [0.25, 0.3) is 0 Å². The van der Waals surface area contributed by atoms with Crippen molar-refractivity contribution in [1.29, 1.82) is 0 Å². The van der Waals surface area contributed by atoms with Crippen molar-refractivity contribution < 1.29 is 4.39 Å². The summed E-state index contributed by atoms with van der Waals surface area (Å²) in [4.78, 5) is 0. The molecule has 132 valence electrons. The number of hydrazine groups is 1. The Hall–Kier alpha value is -0.680. The highest BCUT2D eigenvalue weighted by Crippen LogP contribution is 2.50. The first kappa shape index (κ1) is 16.8. The molecule has 5 heteroatoms. The fourth-order valence-corrected chi connectivity index (χ4v) is 5.64. The van der Waals surface area contributed by atoms with Gasteiger partial charge >= 0.3 is 0 Å². The van der Waals surface area contributed by atoms with Crippen LogP contribution in [0.15, 0.2) is 24.3 Å². The van der Waals surface area contributed by atoms with Gasteiger partial charge in [0.1, 0.15) is 5.82 Å². The Morgan fingerprint density at radius 2 is 2.17 bits per heavy atom. The van der Waals surface area contributed by atoms with Gasteiger partial charge in [-0.15, -0.1) is 11.6 Å². The summed E-state index contributed by atoms with van der Waals surface area (Å²) in [5.74, 6) is 0.206. The zero-order valence-corrected chi connectivity index (χ0v) is 15.0. The maximum absolute atomic E-state index is 14.6. The molecule has 1 saturated carbocycles. The maximum Gasteiger partial charge on any atom is 0.127 e. The van der Waals surface area contributed by atoms with E-state index < -0.39 is 0 Å². The molecule has 0 spiro atoms. The summed E-state index contributed by atoms with van der Waals surface area (Å²) in [6, 6.07) is 7.74. The van der Waals surface area contributed by atoms with Gasteiger partial charge in [0, 0.05) is 41.7 Å². The van der Waals surface area contributed by atoms with E-state index >= 15 is 0 Å². The third kappa shape index (κ3) is 2.59. The lowest BCUT2D eigenvalue weighted by atomic mass is 9.66. The lowest BCUT2D eigenvalue weighted by Gasteiger charge is -2.52. The predicted octanol–water partition coefficient (Wildman–Crippen LogP) is 3.61. The van der Waals surface area contributed by atoms with Gasteiger partial charge in [-0.1, -0.05) is 25.1 Å². The largest absolute Gasteiger partial charge is 0.308 e. The summed E-state index contributed by atoms with van der Waals surface area (Å²) in [5, 5.41) is 6.42. The van der Waals surface area contributed by atoms with E-state index in [-0.39, 0.29) is 22.8 Å². The van der Waals surface area contributed by atoms with Crippen LogP contribution in [0.5, 0.6) is 0 Å². The van der Waals surface area contributed by atoms with Crippen LogP contribution in [-0.4, -0.2) is 35.1 Å². The van der Waals surface area contributed by atoms with Crippen LogP contribution in [0.2, 0.25) is 0 Å². The molecule has 1 aliphatic carbocycles. The highest BCUT2D eigenvalue weighted by atomic mass is 35.5. The molecule has 0 bridgehead atoms. The van der Waals surface area contributed by atoms with Crippen molar-refractivity contribution >= 4 is 11.6 Å². The molecule has 24 heavy (non-hydrogen) atoms. The number of rotatable bonds is 2. The number of nitrogens with one attached hydrogen (secondary N) is 2. The highest BCUT2D eigenvalue weighted by Gasteiger charge is 2.54. The average molecular weight is 352 g/mol. The molecule has 0 amide bonds. The van der Waals surface area contributed by atoms with E-state index in [2.05, 4.69) is 22.7 Å². The number of benzene rings is 1. The van der Waals surface area contributed by atoms with Gasteiger partial charge in [0.2, 0.25) is 0 Å². The predicted molar refractivity (Wildman–Crippen MR) is 95.4 cm³/mol. The summed E-state index contributed by atoms with van der Waals surface area (Å²) in [6.45, 7) is 4.22. The number of hydrogen-bond acceptors (Lipinski definition) is 3. The summed E-state index contributed by atoms with van der Waals surface area (Å²) in [6.07, 6.45) is 5.28. The molecule has 1 aromatic carbocycles. The molecule has 3 fully saturated rings. The number of fused-ring (bicyclic) bond motifs is 3. The molecule has 0 aromatic heterocycles. The first-order valence-corrected chi connectivity index (χ1v) is 9.74. The average Bonchev–Trinajstić information content (AvgIpc) is 3.02. The van der Waals surface area contributed by atoms with E-state index in [1.54, 1.807) is 12.1 Å². The van der Waals surface area contributed by atoms with E-state index in [0.29, 0.717) is 12.0 Å². The van der Waals surface area contributed by atoms with Gasteiger partial charge in [0.25, 0.3) is 0 Å². The van der Waals surface area contributed by atoms with Gasteiger partial charge in [0.15, 0.2) is 0 Å². The smallest absolute Gasteiger partial charge is 0.127 e. The normalized spacial score (nSPS) is 40.0. The van der Waals surface area contributed by atoms with Crippen LogP contribution in [0, 0.1) is 11.7 Å². The Morgan fingerprint density at radius 1 is 1.33 bits per heavy atom.